The van der Waals surface area contributed by atoms with Gasteiger partial charge in [0, 0.05) is 5.39 Å². The molecular formula is C28H31FO3. The second-order valence-corrected chi connectivity index (χ2v) is 9.68. The summed E-state index contributed by atoms with van der Waals surface area (Å²) in [5, 5.41) is 11.0. The van der Waals surface area contributed by atoms with Crippen molar-refractivity contribution in [3.05, 3.63) is 77.6 Å². The fourth-order valence-corrected chi connectivity index (χ4v) is 5.08. The molecule has 0 bridgehead atoms. The molecule has 168 valence electrons. The van der Waals surface area contributed by atoms with Crippen LogP contribution in [0.25, 0.3) is 10.8 Å². The van der Waals surface area contributed by atoms with Gasteiger partial charge >= 0.3 is 5.97 Å². The number of carboxylic acid groups (broad SMARTS) is 1. The minimum atomic E-state index is -1.25. The Kier molecular flexibility index (Phi) is 6.23. The number of aliphatic carboxylic acids is 1. The molecular weight excluding hydrogens is 403 g/mol. The highest BCUT2D eigenvalue weighted by molar-refractivity contribution is 5.86. The van der Waals surface area contributed by atoms with E-state index in [2.05, 4.69) is 19.1 Å². The lowest BCUT2D eigenvalue weighted by atomic mass is 9.86. The van der Waals surface area contributed by atoms with Crippen LogP contribution in [-0.4, -0.2) is 16.7 Å². The summed E-state index contributed by atoms with van der Waals surface area (Å²) in [6.45, 7) is 5.36. The van der Waals surface area contributed by atoms with Gasteiger partial charge in [0.2, 0.25) is 0 Å². The van der Waals surface area contributed by atoms with Crippen LogP contribution in [0.3, 0.4) is 0 Å². The molecule has 0 aromatic heterocycles. The first-order valence-corrected chi connectivity index (χ1v) is 11.4. The van der Waals surface area contributed by atoms with E-state index in [4.69, 9.17) is 4.74 Å². The Morgan fingerprint density at radius 2 is 1.75 bits per heavy atom. The number of halogens is 1. The fraction of sp³-hybridized carbons (Fsp3) is 0.393. The number of rotatable bonds is 7. The largest absolute Gasteiger partial charge is 0.478 e. The second-order valence-electron chi connectivity index (χ2n) is 9.68. The second kappa shape index (κ2) is 8.93. The minimum absolute atomic E-state index is 0.156. The Balaban J connectivity index is 1.40. The van der Waals surface area contributed by atoms with E-state index in [0.29, 0.717) is 28.9 Å². The Morgan fingerprint density at radius 1 is 1.06 bits per heavy atom. The lowest BCUT2D eigenvalue weighted by Gasteiger charge is -2.22. The Labute approximate surface area is 189 Å². The first kappa shape index (κ1) is 22.3. The number of hydrogen-bond donors (Lipinski definition) is 1. The van der Waals surface area contributed by atoms with Crippen molar-refractivity contribution < 1.29 is 19.0 Å². The first-order chi connectivity index (χ1) is 15.2. The van der Waals surface area contributed by atoms with E-state index in [0.717, 1.165) is 24.6 Å². The number of ether oxygens (including phenoxy) is 1. The number of carbonyl (C=O) groups is 1. The molecule has 32 heavy (non-hydrogen) atoms. The Morgan fingerprint density at radius 3 is 2.44 bits per heavy atom. The van der Waals surface area contributed by atoms with Crippen molar-refractivity contribution >= 4 is 16.7 Å². The van der Waals surface area contributed by atoms with Gasteiger partial charge in [-0.3, -0.25) is 0 Å². The summed E-state index contributed by atoms with van der Waals surface area (Å²) in [4.78, 5) is 11.3. The van der Waals surface area contributed by atoms with E-state index in [1.165, 1.54) is 17.5 Å². The zero-order chi connectivity index (χ0) is 22.9. The van der Waals surface area contributed by atoms with E-state index in [1.54, 1.807) is 19.9 Å². The van der Waals surface area contributed by atoms with E-state index in [9.17, 15) is 14.3 Å². The third-order valence-corrected chi connectivity index (χ3v) is 6.90. The molecule has 3 aromatic rings. The standard InChI is InChI=1S/C28H31FO3/c1-18(23-14-15-26(29)25-7-5-4-6-24(23)25)16-19-8-9-21(17-19)20-10-12-22(13-11-20)32-28(2,3)27(30)31/h4-7,10-15,18-19,21H,8-9,16-17H2,1-3H3,(H,30,31)/t18-,19?,21?/m0/s1. The number of fused-ring (bicyclic) bond motifs is 1. The Hall–Kier alpha value is -2.88. The first-order valence-electron chi connectivity index (χ1n) is 11.4. The molecule has 1 fully saturated rings. The zero-order valence-corrected chi connectivity index (χ0v) is 19.0. The van der Waals surface area contributed by atoms with Crippen molar-refractivity contribution in [2.75, 3.05) is 0 Å². The van der Waals surface area contributed by atoms with Crippen LogP contribution in [0, 0.1) is 11.7 Å². The van der Waals surface area contributed by atoms with E-state index >= 15 is 0 Å². The van der Waals surface area contributed by atoms with Crippen LogP contribution in [0.15, 0.2) is 60.7 Å². The van der Waals surface area contributed by atoms with Crippen LogP contribution in [-0.2, 0) is 4.79 Å². The van der Waals surface area contributed by atoms with Crippen LogP contribution >= 0.6 is 0 Å². The van der Waals surface area contributed by atoms with Crippen molar-refractivity contribution in [2.45, 2.75) is 63.9 Å². The molecule has 4 heteroatoms. The van der Waals surface area contributed by atoms with Crippen molar-refractivity contribution in [2.24, 2.45) is 5.92 Å². The summed E-state index contributed by atoms with van der Waals surface area (Å²) in [5.41, 5.74) is 1.27. The van der Waals surface area contributed by atoms with Crippen molar-refractivity contribution in [1.82, 2.24) is 0 Å². The quantitative estimate of drug-likeness (QED) is 0.424. The highest BCUT2D eigenvalue weighted by Gasteiger charge is 2.30. The zero-order valence-electron chi connectivity index (χ0n) is 19.0. The average Bonchev–Trinajstić information content (AvgIpc) is 3.22. The molecule has 0 heterocycles. The molecule has 3 nitrogen and oxygen atoms in total. The van der Waals surface area contributed by atoms with Gasteiger partial charge in [0.25, 0.3) is 0 Å². The molecule has 2 unspecified atom stereocenters. The summed E-state index contributed by atoms with van der Waals surface area (Å²) in [6.07, 6.45) is 4.59. The average molecular weight is 435 g/mol. The van der Waals surface area contributed by atoms with Gasteiger partial charge in [-0.25, -0.2) is 9.18 Å². The molecule has 3 atom stereocenters. The molecule has 1 N–H and O–H groups in total. The van der Waals surface area contributed by atoms with E-state index in [1.807, 2.05) is 42.5 Å². The monoisotopic (exact) mass is 434 g/mol. The van der Waals surface area contributed by atoms with Gasteiger partial charge in [-0.05, 0) is 92.0 Å². The lowest BCUT2D eigenvalue weighted by molar-refractivity contribution is -0.152. The van der Waals surface area contributed by atoms with Crippen LogP contribution in [0.2, 0.25) is 0 Å². The van der Waals surface area contributed by atoms with Crippen molar-refractivity contribution in [3.63, 3.8) is 0 Å². The van der Waals surface area contributed by atoms with Crippen molar-refractivity contribution in [1.29, 1.82) is 0 Å². The topological polar surface area (TPSA) is 46.5 Å². The highest BCUT2D eigenvalue weighted by Crippen LogP contribution is 2.43. The molecule has 0 radical (unpaired) electrons. The van der Waals surface area contributed by atoms with Crippen LogP contribution < -0.4 is 4.74 Å². The third kappa shape index (κ3) is 4.64. The van der Waals surface area contributed by atoms with Gasteiger partial charge in [-0.2, -0.15) is 0 Å². The fourth-order valence-electron chi connectivity index (χ4n) is 5.08. The number of benzene rings is 3. The lowest BCUT2D eigenvalue weighted by Crippen LogP contribution is -2.37. The predicted molar refractivity (Wildman–Crippen MR) is 126 cm³/mol. The van der Waals surface area contributed by atoms with Crippen LogP contribution in [0.1, 0.15) is 69.4 Å². The van der Waals surface area contributed by atoms with Gasteiger partial charge < -0.3 is 9.84 Å². The molecule has 0 aliphatic heterocycles. The van der Waals surface area contributed by atoms with Gasteiger partial charge in [0.15, 0.2) is 5.60 Å². The van der Waals surface area contributed by atoms with Gasteiger partial charge in [-0.15, -0.1) is 0 Å². The van der Waals surface area contributed by atoms with Crippen LogP contribution in [0.4, 0.5) is 4.39 Å². The summed E-state index contributed by atoms with van der Waals surface area (Å²) >= 11 is 0. The van der Waals surface area contributed by atoms with E-state index in [-0.39, 0.29) is 5.82 Å². The summed E-state index contributed by atoms with van der Waals surface area (Å²) in [6, 6.07) is 19.2. The molecule has 4 rings (SSSR count). The predicted octanol–water partition coefficient (Wildman–Crippen LogP) is 7.30. The van der Waals surface area contributed by atoms with Crippen molar-refractivity contribution in [3.8, 4) is 5.75 Å². The Bertz CT molecular complexity index is 1100. The van der Waals surface area contributed by atoms with Gasteiger partial charge in [-0.1, -0.05) is 49.4 Å². The molecule has 1 saturated carbocycles. The molecule has 3 aromatic carbocycles. The molecule has 0 amide bonds. The summed E-state index contributed by atoms with van der Waals surface area (Å²) in [5.74, 6) is 0.963. The molecule has 1 aliphatic rings. The maximum atomic E-state index is 14.2. The molecule has 0 spiro atoms. The number of hydrogen-bond acceptors (Lipinski definition) is 2. The molecule has 0 saturated heterocycles. The molecule has 1 aliphatic carbocycles. The van der Waals surface area contributed by atoms with Gasteiger partial charge in [0.1, 0.15) is 11.6 Å². The minimum Gasteiger partial charge on any atom is -0.478 e. The maximum absolute atomic E-state index is 14.2. The van der Waals surface area contributed by atoms with Gasteiger partial charge in [0.05, 0.1) is 0 Å². The number of carboxylic acids is 1. The maximum Gasteiger partial charge on any atom is 0.347 e. The van der Waals surface area contributed by atoms with E-state index < -0.39 is 11.6 Å². The third-order valence-electron chi connectivity index (χ3n) is 6.90. The smallest absolute Gasteiger partial charge is 0.347 e. The highest BCUT2D eigenvalue weighted by atomic mass is 19.1. The SMILES string of the molecule is C[C@@H](CC1CCC(c2ccc(OC(C)(C)C(=O)O)cc2)C1)c1ccc(F)c2ccccc12. The summed E-state index contributed by atoms with van der Waals surface area (Å²) in [7, 11) is 0. The normalized spacial score (nSPS) is 19.8. The summed E-state index contributed by atoms with van der Waals surface area (Å²) < 4.78 is 19.8. The van der Waals surface area contributed by atoms with Crippen LogP contribution in [0.5, 0.6) is 5.75 Å².